The van der Waals surface area contributed by atoms with E-state index in [1.54, 1.807) is 30.5 Å². The van der Waals surface area contributed by atoms with Gasteiger partial charge in [0.1, 0.15) is 0 Å². The van der Waals surface area contributed by atoms with Gasteiger partial charge in [0, 0.05) is 42.6 Å². The second kappa shape index (κ2) is 15.0. The molecule has 3 aromatic rings. The van der Waals surface area contributed by atoms with E-state index in [1.165, 1.54) is 38.3 Å². The van der Waals surface area contributed by atoms with Gasteiger partial charge < -0.3 is 24.4 Å². The molecular weight excluding hydrogens is 566 g/mol. The van der Waals surface area contributed by atoms with Crippen LogP contribution in [0, 0.1) is 6.92 Å². The lowest BCUT2D eigenvalue weighted by molar-refractivity contribution is -0.132. The molecule has 1 heterocycles. The fourth-order valence-electron chi connectivity index (χ4n) is 4.14. The van der Waals surface area contributed by atoms with Crippen LogP contribution in [0.15, 0.2) is 59.5 Å². The maximum absolute atomic E-state index is 13.7. The van der Waals surface area contributed by atoms with Crippen molar-refractivity contribution >= 4 is 38.9 Å². The number of aryl methyl sites for hydroxylation is 1. The third-order valence-electron chi connectivity index (χ3n) is 6.28. The van der Waals surface area contributed by atoms with Crippen LogP contribution < -0.4 is 14.8 Å². The molecule has 41 heavy (non-hydrogen) atoms. The number of ether oxygens (including phenoxy) is 3. The zero-order valence-corrected chi connectivity index (χ0v) is 25.6. The van der Waals surface area contributed by atoms with Crippen LogP contribution in [0.5, 0.6) is 11.5 Å². The van der Waals surface area contributed by atoms with Crippen molar-refractivity contribution in [2.24, 2.45) is 0 Å². The second-order valence-corrected chi connectivity index (χ2v) is 12.6. The van der Waals surface area contributed by atoms with E-state index < -0.39 is 10.0 Å². The van der Waals surface area contributed by atoms with Crippen molar-refractivity contribution in [2.75, 3.05) is 52.9 Å². The average Bonchev–Trinajstić information content (AvgIpc) is 3.37. The van der Waals surface area contributed by atoms with Gasteiger partial charge in [0.2, 0.25) is 21.8 Å². The van der Waals surface area contributed by atoms with Gasteiger partial charge in [0.15, 0.2) is 11.5 Å². The fraction of sp³-hybridized carbons (Fsp3) is 0.379. The fourth-order valence-corrected chi connectivity index (χ4v) is 6.42. The van der Waals surface area contributed by atoms with Crippen LogP contribution in [-0.4, -0.2) is 77.0 Å². The minimum Gasteiger partial charge on any atom is -0.493 e. The minimum absolute atomic E-state index is 0.000348. The maximum atomic E-state index is 13.7. The van der Waals surface area contributed by atoms with Crippen LogP contribution in [0.1, 0.15) is 22.2 Å². The second-order valence-electron chi connectivity index (χ2n) is 9.30. The Balaban J connectivity index is 1.84. The summed E-state index contributed by atoms with van der Waals surface area (Å²) in [5.74, 6) is 0.619. The largest absolute Gasteiger partial charge is 0.493 e. The van der Waals surface area contributed by atoms with Crippen molar-refractivity contribution in [1.29, 1.82) is 0 Å². The van der Waals surface area contributed by atoms with Crippen molar-refractivity contribution in [3.05, 3.63) is 69.9 Å². The summed E-state index contributed by atoms with van der Waals surface area (Å²) in [6.07, 6.45) is 0.534. The smallest absolute Gasteiger partial charge is 0.243 e. The number of carbonyl (C=O) groups is 2. The molecule has 0 radical (unpaired) electrons. The number of thiophene rings is 1. The Kier molecular flexibility index (Phi) is 11.7. The quantitative estimate of drug-likeness (QED) is 0.280. The van der Waals surface area contributed by atoms with Crippen LogP contribution in [0.4, 0.5) is 5.69 Å². The van der Waals surface area contributed by atoms with Crippen LogP contribution in [0.3, 0.4) is 0 Å². The predicted molar refractivity (Wildman–Crippen MR) is 159 cm³/mol. The van der Waals surface area contributed by atoms with Gasteiger partial charge in [-0.1, -0.05) is 6.07 Å². The van der Waals surface area contributed by atoms with Gasteiger partial charge in [-0.2, -0.15) is 4.31 Å². The highest BCUT2D eigenvalue weighted by Gasteiger charge is 2.29. The van der Waals surface area contributed by atoms with E-state index in [4.69, 9.17) is 14.2 Å². The van der Waals surface area contributed by atoms with Crippen molar-refractivity contribution in [2.45, 2.75) is 31.7 Å². The predicted octanol–water partition coefficient (Wildman–Crippen LogP) is 3.94. The molecule has 0 atom stereocenters. The lowest BCUT2D eigenvalue weighted by atomic mass is 10.1. The van der Waals surface area contributed by atoms with Gasteiger partial charge in [-0.15, -0.1) is 11.3 Å². The maximum Gasteiger partial charge on any atom is 0.243 e. The number of methoxy groups -OCH3 is 3. The standard InChI is InChI=1S/C29H37N3O7S2/c1-21-6-10-25(40-21)19-31(15-14-23-7-13-27(38-4)28(18-23)39-5)29(34)20-32(16-17-37-3)41(35,36)26-11-8-24(9-12-26)30-22(2)33/h6-13,18H,14-17,19-20H2,1-5H3,(H,30,33). The molecule has 3 rings (SSSR count). The van der Waals surface area contributed by atoms with E-state index in [9.17, 15) is 18.0 Å². The molecule has 0 fully saturated rings. The van der Waals surface area contributed by atoms with E-state index in [0.717, 1.165) is 19.6 Å². The molecule has 0 unspecified atom stereocenters. The Hall–Kier alpha value is -3.45. The third kappa shape index (κ3) is 9.02. The first-order valence-corrected chi connectivity index (χ1v) is 15.2. The van der Waals surface area contributed by atoms with E-state index in [-0.39, 0.29) is 36.4 Å². The molecule has 12 heteroatoms. The number of rotatable bonds is 15. The molecule has 1 N–H and O–H groups in total. The highest BCUT2D eigenvalue weighted by molar-refractivity contribution is 7.89. The molecule has 0 saturated heterocycles. The van der Waals surface area contributed by atoms with Crippen LogP contribution in [-0.2, 0) is 37.3 Å². The lowest BCUT2D eigenvalue weighted by Crippen LogP contribution is -2.44. The van der Waals surface area contributed by atoms with Gasteiger partial charge in [0.25, 0.3) is 0 Å². The SMILES string of the molecule is COCCN(CC(=O)N(CCc1ccc(OC)c(OC)c1)Cc1ccc(C)s1)S(=O)(=O)c1ccc(NC(C)=O)cc1. The third-order valence-corrected chi connectivity index (χ3v) is 9.13. The molecule has 222 valence electrons. The monoisotopic (exact) mass is 603 g/mol. The van der Waals surface area contributed by atoms with Crippen molar-refractivity contribution in [3.8, 4) is 11.5 Å². The number of nitrogens with one attached hydrogen (secondary N) is 1. The highest BCUT2D eigenvalue weighted by Crippen LogP contribution is 2.28. The number of hydrogen-bond donors (Lipinski definition) is 1. The highest BCUT2D eigenvalue weighted by atomic mass is 32.2. The lowest BCUT2D eigenvalue weighted by Gasteiger charge is -2.27. The summed E-state index contributed by atoms with van der Waals surface area (Å²) in [5.41, 5.74) is 1.43. The summed E-state index contributed by atoms with van der Waals surface area (Å²) in [5, 5.41) is 2.62. The minimum atomic E-state index is -4.03. The van der Waals surface area contributed by atoms with E-state index >= 15 is 0 Å². The summed E-state index contributed by atoms with van der Waals surface area (Å²) < 4.78 is 44.2. The Morgan fingerprint density at radius 3 is 2.22 bits per heavy atom. The molecule has 0 aliphatic heterocycles. The molecule has 0 bridgehead atoms. The van der Waals surface area contributed by atoms with Crippen LogP contribution in [0.2, 0.25) is 0 Å². The van der Waals surface area contributed by atoms with Gasteiger partial charge in [-0.25, -0.2) is 8.42 Å². The molecule has 2 aromatic carbocycles. The Morgan fingerprint density at radius 1 is 0.927 bits per heavy atom. The zero-order valence-electron chi connectivity index (χ0n) is 24.0. The Morgan fingerprint density at radius 2 is 1.63 bits per heavy atom. The van der Waals surface area contributed by atoms with Crippen molar-refractivity contribution in [1.82, 2.24) is 9.21 Å². The summed E-state index contributed by atoms with van der Waals surface area (Å²) in [7, 11) is 0.581. The summed E-state index contributed by atoms with van der Waals surface area (Å²) in [6.45, 7) is 3.86. The van der Waals surface area contributed by atoms with Crippen molar-refractivity contribution < 1.29 is 32.2 Å². The Bertz CT molecular complexity index is 1420. The van der Waals surface area contributed by atoms with Crippen molar-refractivity contribution in [3.63, 3.8) is 0 Å². The number of sulfonamides is 1. The molecule has 1 aromatic heterocycles. The number of hydrogen-bond acceptors (Lipinski definition) is 8. The molecule has 0 aliphatic rings. The number of benzene rings is 2. The molecule has 0 saturated carbocycles. The first kappa shape index (κ1) is 32.1. The van der Waals surface area contributed by atoms with Gasteiger partial charge in [-0.05, 0) is 67.4 Å². The number of nitrogens with zero attached hydrogens (tertiary/aromatic N) is 2. The summed E-state index contributed by atoms with van der Waals surface area (Å²) in [6, 6.07) is 15.4. The van der Waals surface area contributed by atoms with Gasteiger partial charge in [0.05, 0.1) is 38.8 Å². The first-order chi connectivity index (χ1) is 19.6. The van der Waals surface area contributed by atoms with Crippen LogP contribution >= 0.6 is 11.3 Å². The number of carbonyl (C=O) groups excluding carboxylic acids is 2. The average molecular weight is 604 g/mol. The normalized spacial score (nSPS) is 11.4. The van der Waals surface area contributed by atoms with Gasteiger partial charge in [-0.3, -0.25) is 9.59 Å². The molecule has 10 nitrogen and oxygen atoms in total. The van der Waals surface area contributed by atoms with E-state index in [1.807, 2.05) is 37.3 Å². The summed E-state index contributed by atoms with van der Waals surface area (Å²) >= 11 is 1.59. The first-order valence-electron chi connectivity index (χ1n) is 13.0. The zero-order chi connectivity index (χ0) is 30.0. The molecule has 2 amide bonds. The van der Waals surface area contributed by atoms with Crippen LogP contribution in [0.25, 0.3) is 0 Å². The topological polar surface area (TPSA) is 114 Å². The molecule has 0 aliphatic carbocycles. The number of anilines is 1. The summed E-state index contributed by atoms with van der Waals surface area (Å²) in [4.78, 5) is 28.9. The van der Waals surface area contributed by atoms with Gasteiger partial charge >= 0.3 is 0 Å². The van der Waals surface area contributed by atoms with E-state index in [0.29, 0.717) is 36.7 Å². The molecular formula is C29H37N3O7S2. The molecule has 0 spiro atoms. The van der Waals surface area contributed by atoms with E-state index in [2.05, 4.69) is 5.32 Å². The number of amides is 2. The Labute approximate surface area is 245 Å².